The molecule has 3 heteroatoms. The molecule has 0 saturated carbocycles. The molecule has 1 aromatic rings. The van der Waals surface area contributed by atoms with E-state index in [0.717, 1.165) is 16.6 Å². The Morgan fingerprint density at radius 2 is 2.13 bits per heavy atom. The molecule has 1 nitrogen and oxygen atoms in total. The number of benzene rings is 1. The number of aryl methyl sites for hydroxylation is 1. The van der Waals surface area contributed by atoms with Crippen molar-refractivity contribution in [3.8, 4) is 5.75 Å². The van der Waals surface area contributed by atoms with E-state index >= 15 is 0 Å². The van der Waals surface area contributed by atoms with Gasteiger partial charge in [0.15, 0.2) is 0 Å². The Morgan fingerprint density at radius 1 is 1.40 bits per heavy atom. The predicted octanol–water partition coefficient (Wildman–Crippen LogP) is 4.56. The van der Waals surface area contributed by atoms with Gasteiger partial charge in [-0.1, -0.05) is 28.9 Å². The van der Waals surface area contributed by atoms with Gasteiger partial charge in [-0.2, -0.15) is 0 Å². The molecule has 1 unspecified atom stereocenters. The van der Waals surface area contributed by atoms with E-state index in [1.165, 1.54) is 18.4 Å². The molecule has 1 rings (SSSR count). The summed E-state index contributed by atoms with van der Waals surface area (Å²) in [5, 5.41) is 0. The van der Waals surface area contributed by atoms with Gasteiger partial charge >= 0.3 is 0 Å². The molecule has 0 bridgehead atoms. The number of rotatable bonds is 5. The SMILES string of the molecule is COc1ccc(CCCC(C)Br)cc1Br. The number of halogens is 2. The second-order valence-electron chi connectivity index (χ2n) is 3.64. The van der Waals surface area contributed by atoms with Crippen molar-refractivity contribution in [1.29, 1.82) is 0 Å². The molecule has 0 heterocycles. The molecule has 0 aliphatic heterocycles. The standard InChI is InChI=1S/C12H16Br2O/c1-9(13)4-3-5-10-6-7-12(15-2)11(14)8-10/h6-9H,3-5H2,1-2H3. The second kappa shape index (κ2) is 6.54. The summed E-state index contributed by atoms with van der Waals surface area (Å²) in [5.41, 5.74) is 1.36. The first-order valence-electron chi connectivity index (χ1n) is 5.10. The lowest BCUT2D eigenvalue weighted by atomic mass is 10.1. The van der Waals surface area contributed by atoms with E-state index in [0.29, 0.717) is 4.83 Å². The van der Waals surface area contributed by atoms with Crippen LogP contribution in [0.2, 0.25) is 0 Å². The molecule has 0 aromatic heterocycles. The Morgan fingerprint density at radius 3 is 2.67 bits per heavy atom. The lowest BCUT2D eigenvalue weighted by Gasteiger charge is -2.07. The minimum absolute atomic E-state index is 0.610. The summed E-state index contributed by atoms with van der Waals surface area (Å²) in [6.45, 7) is 2.18. The highest BCUT2D eigenvalue weighted by Gasteiger charge is 2.02. The molecule has 0 saturated heterocycles. The van der Waals surface area contributed by atoms with E-state index in [1.807, 2.05) is 6.07 Å². The van der Waals surface area contributed by atoms with Crippen LogP contribution in [-0.2, 0) is 6.42 Å². The smallest absolute Gasteiger partial charge is 0.133 e. The van der Waals surface area contributed by atoms with Gasteiger partial charge < -0.3 is 4.74 Å². The van der Waals surface area contributed by atoms with Crippen molar-refractivity contribution in [3.05, 3.63) is 28.2 Å². The first-order chi connectivity index (χ1) is 7.13. The van der Waals surface area contributed by atoms with Crippen LogP contribution < -0.4 is 4.74 Å². The van der Waals surface area contributed by atoms with Crippen molar-refractivity contribution in [2.45, 2.75) is 31.0 Å². The summed E-state index contributed by atoms with van der Waals surface area (Å²) in [6.07, 6.45) is 3.55. The van der Waals surface area contributed by atoms with Gasteiger partial charge in [0.1, 0.15) is 5.75 Å². The third-order valence-electron chi connectivity index (χ3n) is 2.28. The fraction of sp³-hybridized carbons (Fsp3) is 0.500. The Hall–Kier alpha value is -0.0200. The van der Waals surface area contributed by atoms with Gasteiger partial charge in [-0.25, -0.2) is 0 Å². The summed E-state index contributed by atoms with van der Waals surface area (Å²) in [4.78, 5) is 0.610. The first-order valence-corrected chi connectivity index (χ1v) is 6.81. The van der Waals surface area contributed by atoms with Crippen LogP contribution in [0, 0.1) is 0 Å². The minimum atomic E-state index is 0.610. The Bertz CT molecular complexity index is 310. The quantitative estimate of drug-likeness (QED) is 0.716. The predicted molar refractivity (Wildman–Crippen MR) is 72.0 cm³/mol. The van der Waals surface area contributed by atoms with Crippen LogP contribution in [0.5, 0.6) is 5.75 Å². The number of methoxy groups -OCH3 is 1. The molecule has 0 N–H and O–H groups in total. The minimum Gasteiger partial charge on any atom is -0.496 e. The molecule has 0 radical (unpaired) electrons. The van der Waals surface area contributed by atoms with Gasteiger partial charge in [0.2, 0.25) is 0 Å². The monoisotopic (exact) mass is 334 g/mol. The Labute approximate surface area is 108 Å². The highest BCUT2D eigenvalue weighted by atomic mass is 79.9. The van der Waals surface area contributed by atoms with E-state index in [-0.39, 0.29) is 0 Å². The normalized spacial score (nSPS) is 12.5. The molecule has 84 valence electrons. The zero-order valence-corrected chi connectivity index (χ0v) is 12.3. The Balaban J connectivity index is 2.52. The lowest BCUT2D eigenvalue weighted by Crippen LogP contribution is -1.93. The van der Waals surface area contributed by atoms with Crippen molar-refractivity contribution in [3.63, 3.8) is 0 Å². The maximum absolute atomic E-state index is 5.19. The van der Waals surface area contributed by atoms with E-state index in [4.69, 9.17) is 4.74 Å². The van der Waals surface area contributed by atoms with Crippen LogP contribution >= 0.6 is 31.9 Å². The lowest BCUT2D eigenvalue weighted by molar-refractivity contribution is 0.412. The average molecular weight is 336 g/mol. The summed E-state index contributed by atoms with van der Waals surface area (Å²) in [7, 11) is 1.69. The molecule has 1 aromatic carbocycles. The molecule has 0 amide bonds. The van der Waals surface area contributed by atoms with Crippen molar-refractivity contribution in [2.24, 2.45) is 0 Å². The topological polar surface area (TPSA) is 9.23 Å². The van der Waals surface area contributed by atoms with E-state index < -0.39 is 0 Å². The van der Waals surface area contributed by atoms with E-state index in [1.54, 1.807) is 7.11 Å². The van der Waals surface area contributed by atoms with Crippen LogP contribution in [0.25, 0.3) is 0 Å². The largest absolute Gasteiger partial charge is 0.496 e. The summed E-state index contributed by atoms with van der Waals surface area (Å²) in [6, 6.07) is 6.28. The van der Waals surface area contributed by atoms with Gasteiger partial charge in [0, 0.05) is 4.83 Å². The van der Waals surface area contributed by atoms with Gasteiger partial charge in [0.05, 0.1) is 11.6 Å². The molecular formula is C12H16Br2O. The van der Waals surface area contributed by atoms with E-state index in [9.17, 15) is 0 Å². The van der Waals surface area contributed by atoms with Crippen LogP contribution in [-0.4, -0.2) is 11.9 Å². The van der Waals surface area contributed by atoms with Gasteiger partial charge in [-0.15, -0.1) is 0 Å². The fourth-order valence-electron chi connectivity index (χ4n) is 1.45. The highest BCUT2D eigenvalue weighted by molar-refractivity contribution is 9.10. The van der Waals surface area contributed by atoms with Crippen molar-refractivity contribution in [1.82, 2.24) is 0 Å². The number of alkyl halides is 1. The van der Waals surface area contributed by atoms with Crippen molar-refractivity contribution in [2.75, 3.05) is 7.11 Å². The van der Waals surface area contributed by atoms with Crippen LogP contribution in [0.3, 0.4) is 0 Å². The second-order valence-corrected chi connectivity index (χ2v) is 6.06. The van der Waals surface area contributed by atoms with Crippen molar-refractivity contribution < 1.29 is 4.74 Å². The zero-order chi connectivity index (χ0) is 11.3. The number of hydrogen-bond acceptors (Lipinski definition) is 1. The van der Waals surface area contributed by atoms with Crippen LogP contribution in [0.4, 0.5) is 0 Å². The first kappa shape index (κ1) is 13.0. The average Bonchev–Trinajstić information content (AvgIpc) is 2.17. The van der Waals surface area contributed by atoms with Crippen LogP contribution in [0.15, 0.2) is 22.7 Å². The Kier molecular flexibility index (Phi) is 5.69. The molecule has 0 fully saturated rings. The number of hydrogen-bond donors (Lipinski definition) is 0. The molecule has 0 spiro atoms. The highest BCUT2D eigenvalue weighted by Crippen LogP contribution is 2.26. The van der Waals surface area contributed by atoms with Gasteiger partial charge in [0.25, 0.3) is 0 Å². The summed E-state index contributed by atoms with van der Waals surface area (Å²) in [5.74, 6) is 0.896. The van der Waals surface area contributed by atoms with Crippen LogP contribution in [0.1, 0.15) is 25.3 Å². The molecule has 0 aliphatic carbocycles. The van der Waals surface area contributed by atoms with Gasteiger partial charge in [-0.05, 0) is 52.9 Å². The third kappa shape index (κ3) is 4.56. The maximum atomic E-state index is 5.19. The van der Waals surface area contributed by atoms with E-state index in [2.05, 4.69) is 50.9 Å². The fourth-order valence-corrected chi connectivity index (χ4v) is 2.36. The van der Waals surface area contributed by atoms with Gasteiger partial charge in [-0.3, -0.25) is 0 Å². The molecular weight excluding hydrogens is 320 g/mol. The molecule has 0 aliphatic rings. The maximum Gasteiger partial charge on any atom is 0.133 e. The van der Waals surface area contributed by atoms with Crippen molar-refractivity contribution >= 4 is 31.9 Å². The molecule has 1 atom stereocenters. The summed E-state index contributed by atoms with van der Waals surface area (Å²) < 4.78 is 6.22. The number of ether oxygens (including phenoxy) is 1. The summed E-state index contributed by atoms with van der Waals surface area (Å²) >= 11 is 7.05. The zero-order valence-electron chi connectivity index (χ0n) is 9.09. The third-order valence-corrected chi connectivity index (χ3v) is 3.36. The molecule has 15 heavy (non-hydrogen) atoms.